The number of rotatable bonds is 3. The van der Waals surface area contributed by atoms with E-state index in [-0.39, 0.29) is 0 Å². The zero-order valence-corrected chi connectivity index (χ0v) is 10.1. The van der Waals surface area contributed by atoms with Gasteiger partial charge in [0.15, 0.2) is 0 Å². The lowest BCUT2D eigenvalue weighted by Crippen LogP contribution is -2.26. The first-order valence-corrected chi connectivity index (χ1v) is 5.27. The van der Waals surface area contributed by atoms with Crippen molar-refractivity contribution in [3.8, 4) is 0 Å². The van der Waals surface area contributed by atoms with Crippen LogP contribution in [0.1, 0.15) is 18.3 Å². The van der Waals surface area contributed by atoms with Gasteiger partial charge in [0, 0.05) is 13.5 Å². The normalized spacial score (nSPS) is 15.6. The smallest absolute Gasteiger partial charge is 0.0851 e. The Bertz CT molecular complexity index is 323. The summed E-state index contributed by atoms with van der Waals surface area (Å²) >= 11 is 3.40. The minimum Gasteiger partial charge on any atom is -0.391 e. The highest BCUT2D eigenvalue weighted by Crippen LogP contribution is 2.21. The molecule has 0 spiro atoms. The number of aryl methyl sites for hydroxylation is 2. The van der Waals surface area contributed by atoms with Crippen LogP contribution in [0.5, 0.6) is 0 Å². The molecule has 0 aliphatic heterocycles. The van der Waals surface area contributed by atoms with Gasteiger partial charge in [-0.2, -0.15) is 5.10 Å². The van der Waals surface area contributed by atoms with E-state index in [1.165, 1.54) is 0 Å². The Morgan fingerprint density at radius 2 is 2.07 bits per heavy atom. The van der Waals surface area contributed by atoms with E-state index in [0.717, 1.165) is 15.9 Å². The van der Waals surface area contributed by atoms with E-state index < -0.39 is 12.2 Å². The second kappa shape index (κ2) is 4.42. The second-order valence-corrected chi connectivity index (χ2v) is 4.27. The maximum absolute atomic E-state index is 9.53. The minimum absolute atomic E-state index is 0.398. The van der Waals surface area contributed by atoms with Gasteiger partial charge in [0.25, 0.3) is 0 Å². The average Bonchev–Trinajstić information content (AvgIpc) is 2.32. The Morgan fingerprint density at radius 3 is 2.43 bits per heavy atom. The second-order valence-electron chi connectivity index (χ2n) is 3.48. The van der Waals surface area contributed by atoms with Gasteiger partial charge in [0.05, 0.1) is 28.1 Å². The van der Waals surface area contributed by atoms with Gasteiger partial charge in [-0.3, -0.25) is 4.68 Å². The lowest BCUT2D eigenvalue weighted by atomic mass is 10.1. The van der Waals surface area contributed by atoms with Crippen LogP contribution in [0.3, 0.4) is 0 Å². The Balaban J connectivity index is 2.86. The topological polar surface area (TPSA) is 58.3 Å². The van der Waals surface area contributed by atoms with Crippen LogP contribution < -0.4 is 0 Å². The van der Waals surface area contributed by atoms with Gasteiger partial charge >= 0.3 is 0 Å². The maximum atomic E-state index is 9.53. The highest BCUT2D eigenvalue weighted by molar-refractivity contribution is 9.10. The van der Waals surface area contributed by atoms with Crippen molar-refractivity contribution in [2.45, 2.75) is 32.5 Å². The average molecular weight is 263 g/mol. The first-order chi connectivity index (χ1) is 6.43. The first kappa shape index (κ1) is 11.7. The fourth-order valence-corrected chi connectivity index (χ4v) is 1.77. The molecule has 0 fully saturated rings. The lowest BCUT2D eigenvalue weighted by molar-refractivity contribution is 0.0307. The van der Waals surface area contributed by atoms with Crippen LogP contribution in [-0.2, 0) is 13.5 Å². The molecule has 1 rings (SSSR count). The van der Waals surface area contributed by atoms with E-state index in [4.69, 9.17) is 0 Å². The third-order valence-corrected chi connectivity index (χ3v) is 3.25. The van der Waals surface area contributed by atoms with Crippen molar-refractivity contribution in [2.75, 3.05) is 0 Å². The Labute approximate surface area is 91.7 Å². The highest BCUT2D eigenvalue weighted by atomic mass is 79.9. The zero-order valence-electron chi connectivity index (χ0n) is 8.53. The van der Waals surface area contributed by atoms with Gasteiger partial charge in [0.2, 0.25) is 0 Å². The molecule has 0 radical (unpaired) electrons. The molecule has 5 heteroatoms. The molecule has 0 aromatic carbocycles. The van der Waals surface area contributed by atoms with Crippen molar-refractivity contribution >= 4 is 15.9 Å². The molecule has 2 atom stereocenters. The van der Waals surface area contributed by atoms with Crippen molar-refractivity contribution in [1.82, 2.24) is 9.78 Å². The predicted molar refractivity (Wildman–Crippen MR) is 57.0 cm³/mol. The van der Waals surface area contributed by atoms with Crippen molar-refractivity contribution in [2.24, 2.45) is 7.05 Å². The molecule has 80 valence electrons. The summed E-state index contributed by atoms with van der Waals surface area (Å²) in [5, 5.41) is 22.9. The fraction of sp³-hybridized carbons (Fsp3) is 0.667. The summed E-state index contributed by atoms with van der Waals surface area (Å²) in [7, 11) is 1.82. The van der Waals surface area contributed by atoms with E-state index in [1.807, 2.05) is 14.0 Å². The summed E-state index contributed by atoms with van der Waals surface area (Å²) in [5.74, 6) is 0. The number of hydrogen-bond donors (Lipinski definition) is 2. The monoisotopic (exact) mass is 262 g/mol. The molecule has 4 nitrogen and oxygen atoms in total. The lowest BCUT2D eigenvalue weighted by Gasteiger charge is -2.13. The number of halogens is 1. The predicted octanol–water partition coefficient (Wildman–Crippen LogP) is 0.775. The molecule has 0 saturated carbocycles. The van der Waals surface area contributed by atoms with Crippen LogP contribution in [0.4, 0.5) is 0 Å². The summed E-state index contributed by atoms with van der Waals surface area (Å²) in [4.78, 5) is 0. The maximum Gasteiger partial charge on any atom is 0.0851 e. The third kappa shape index (κ3) is 2.34. The largest absolute Gasteiger partial charge is 0.391 e. The van der Waals surface area contributed by atoms with Gasteiger partial charge in [-0.05, 0) is 29.8 Å². The Morgan fingerprint density at radius 1 is 1.50 bits per heavy atom. The molecule has 0 aliphatic rings. The fourth-order valence-electron chi connectivity index (χ4n) is 1.27. The van der Waals surface area contributed by atoms with Gasteiger partial charge in [-0.25, -0.2) is 0 Å². The van der Waals surface area contributed by atoms with Crippen molar-refractivity contribution in [3.63, 3.8) is 0 Å². The molecular formula is C9H15BrN2O2. The summed E-state index contributed by atoms with van der Waals surface area (Å²) in [5.41, 5.74) is 1.79. The van der Waals surface area contributed by atoms with Crippen molar-refractivity contribution in [3.05, 3.63) is 15.9 Å². The number of aliphatic hydroxyl groups excluding tert-OH is 2. The molecular weight excluding hydrogens is 248 g/mol. The molecule has 0 amide bonds. The summed E-state index contributed by atoms with van der Waals surface area (Å²) in [6.07, 6.45) is -1.08. The van der Waals surface area contributed by atoms with Crippen LogP contribution in [0.15, 0.2) is 4.47 Å². The van der Waals surface area contributed by atoms with Gasteiger partial charge in [0.1, 0.15) is 0 Å². The number of nitrogens with zero attached hydrogens (tertiary/aromatic N) is 2. The number of aromatic nitrogens is 2. The first-order valence-electron chi connectivity index (χ1n) is 4.47. The van der Waals surface area contributed by atoms with E-state index in [2.05, 4.69) is 21.0 Å². The van der Waals surface area contributed by atoms with E-state index >= 15 is 0 Å². The summed E-state index contributed by atoms with van der Waals surface area (Å²) < 4.78 is 2.62. The standard InChI is InChI=1S/C9H15BrN2O2/c1-5-9(10)7(12(3)11-5)4-8(14)6(2)13/h6,8,13-14H,4H2,1-3H3. The van der Waals surface area contributed by atoms with Crippen LogP contribution in [-0.4, -0.2) is 32.2 Å². The number of hydrogen-bond acceptors (Lipinski definition) is 3. The Kier molecular flexibility index (Phi) is 3.69. The molecule has 2 unspecified atom stereocenters. The van der Waals surface area contributed by atoms with Crippen LogP contribution in [0, 0.1) is 6.92 Å². The van der Waals surface area contributed by atoms with Crippen molar-refractivity contribution in [1.29, 1.82) is 0 Å². The van der Waals surface area contributed by atoms with Gasteiger partial charge < -0.3 is 10.2 Å². The van der Waals surface area contributed by atoms with Crippen molar-refractivity contribution < 1.29 is 10.2 Å². The summed E-state index contributed by atoms with van der Waals surface area (Å²) in [6.45, 7) is 3.46. The van der Waals surface area contributed by atoms with E-state index in [1.54, 1.807) is 11.6 Å². The van der Waals surface area contributed by atoms with Crippen LogP contribution in [0.25, 0.3) is 0 Å². The molecule has 0 aliphatic carbocycles. The summed E-state index contributed by atoms with van der Waals surface area (Å²) in [6, 6.07) is 0. The Hall–Kier alpha value is -0.390. The highest BCUT2D eigenvalue weighted by Gasteiger charge is 2.17. The zero-order chi connectivity index (χ0) is 10.9. The van der Waals surface area contributed by atoms with E-state index in [0.29, 0.717) is 6.42 Å². The molecule has 14 heavy (non-hydrogen) atoms. The molecule has 0 saturated heterocycles. The van der Waals surface area contributed by atoms with Crippen LogP contribution in [0.2, 0.25) is 0 Å². The SMILES string of the molecule is Cc1nn(C)c(CC(O)C(C)O)c1Br. The molecule has 2 N–H and O–H groups in total. The minimum atomic E-state index is -0.749. The molecule has 1 aromatic heterocycles. The molecule has 0 bridgehead atoms. The van der Waals surface area contributed by atoms with E-state index in [9.17, 15) is 10.2 Å². The molecule has 1 aromatic rings. The van der Waals surface area contributed by atoms with Crippen LogP contribution >= 0.6 is 15.9 Å². The van der Waals surface area contributed by atoms with Gasteiger partial charge in [-0.15, -0.1) is 0 Å². The third-order valence-electron chi connectivity index (χ3n) is 2.22. The molecule has 1 heterocycles. The quantitative estimate of drug-likeness (QED) is 0.847. The van der Waals surface area contributed by atoms with Gasteiger partial charge in [-0.1, -0.05) is 0 Å². The number of aliphatic hydroxyl groups is 2.